The van der Waals surface area contributed by atoms with E-state index in [0.717, 1.165) is 26.1 Å². The largest absolute Gasteiger partial charge is 0.208 e. The average molecular weight is 826 g/mol. The molecule has 0 aliphatic rings. The van der Waals surface area contributed by atoms with Gasteiger partial charge in [0.05, 0.1) is 0 Å². The van der Waals surface area contributed by atoms with Crippen LogP contribution in [0.3, 0.4) is 0 Å². The van der Waals surface area contributed by atoms with Gasteiger partial charge in [-0.3, -0.25) is 0 Å². The van der Waals surface area contributed by atoms with Crippen LogP contribution in [-0.2, 0) is 0 Å². The first-order valence-corrected chi connectivity index (χ1v) is 22.4. The predicted molar refractivity (Wildman–Crippen MR) is 264 cm³/mol. The molecule has 12 aromatic rings. The Labute approximate surface area is 366 Å². The minimum absolute atomic E-state index is 0.648. The van der Waals surface area contributed by atoms with Crippen molar-refractivity contribution in [2.24, 2.45) is 0 Å². The first-order chi connectivity index (χ1) is 30.8. The lowest BCUT2D eigenvalue weighted by Gasteiger charge is -2.12. The van der Waals surface area contributed by atoms with Crippen LogP contribution in [-0.4, -0.2) is 15.0 Å². The summed E-state index contributed by atoms with van der Waals surface area (Å²) >= 11 is 3.65. The minimum atomic E-state index is 0.648. The highest BCUT2D eigenvalue weighted by Gasteiger charge is 2.23. The zero-order chi connectivity index (χ0) is 41.0. The van der Waals surface area contributed by atoms with E-state index in [-0.39, 0.29) is 0 Å². The molecule has 0 saturated heterocycles. The van der Waals surface area contributed by atoms with Gasteiger partial charge in [0.2, 0.25) is 0 Å². The molecule has 0 bridgehead atoms. The van der Waals surface area contributed by atoms with Crippen LogP contribution in [0, 0.1) is 0 Å². The van der Waals surface area contributed by atoms with Gasteiger partial charge in [0, 0.05) is 68.2 Å². The third-order valence-electron chi connectivity index (χ3n) is 11.8. The Morgan fingerprint density at radius 1 is 0.226 bits per heavy atom. The molecule has 290 valence electrons. The molecular formula is C57H35N3S2. The second-order valence-electron chi connectivity index (χ2n) is 15.4. The fraction of sp³-hybridized carbons (Fsp3) is 0. The maximum Gasteiger partial charge on any atom is 0.165 e. The van der Waals surface area contributed by atoms with Gasteiger partial charge in [0.15, 0.2) is 17.5 Å². The van der Waals surface area contributed by atoms with Crippen LogP contribution >= 0.6 is 22.7 Å². The van der Waals surface area contributed by atoms with Crippen LogP contribution in [0.2, 0.25) is 0 Å². The third-order valence-corrected chi connectivity index (χ3v) is 14.3. The number of hydrogen-bond donors (Lipinski definition) is 0. The quantitative estimate of drug-likeness (QED) is 0.161. The van der Waals surface area contributed by atoms with Gasteiger partial charge in [-0.2, -0.15) is 0 Å². The highest BCUT2D eigenvalue weighted by molar-refractivity contribution is 7.27. The molecule has 3 nitrogen and oxygen atoms in total. The predicted octanol–water partition coefficient (Wildman–Crippen LogP) is 16.3. The summed E-state index contributed by atoms with van der Waals surface area (Å²) in [6, 6.07) is 75.5. The molecule has 0 fully saturated rings. The Kier molecular flexibility index (Phi) is 8.87. The standard InChI is InChI=1S/C57H35N3S2/c1-6-18-36(19-7-1)41-32-34-45-43-28-16-30-47(51(43)61-53(45)49(41)38-22-10-3-11-23-38)56-58-55(40-26-14-5-15-27-40)59-57(60-56)48-31-17-29-44-46-35-33-42(37-20-8-2-9-21-37)50(54(46)62-52(44)48)39-24-12-4-13-25-39/h1-35H. The normalized spacial score (nSPS) is 11.5. The van der Waals surface area contributed by atoms with E-state index in [1.807, 2.05) is 40.9 Å². The Morgan fingerprint density at radius 3 is 0.968 bits per heavy atom. The Morgan fingerprint density at radius 2 is 0.565 bits per heavy atom. The Bertz CT molecular complexity index is 3380. The van der Waals surface area contributed by atoms with Gasteiger partial charge < -0.3 is 0 Å². The van der Waals surface area contributed by atoms with Gasteiger partial charge in [-0.1, -0.05) is 200 Å². The summed E-state index contributed by atoms with van der Waals surface area (Å²) in [6.07, 6.45) is 0. The van der Waals surface area contributed by atoms with E-state index in [9.17, 15) is 0 Å². The van der Waals surface area contributed by atoms with E-state index in [4.69, 9.17) is 15.0 Å². The lowest BCUT2D eigenvalue weighted by molar-refractivity contribution is 1.08. The smallest absolute Gasteiger partial charge is 0.165 e. The molecule has 0 spiro atoms. The fourth-order valence-corrected chi connectivity index (χ4v) is 11.7. The van der Waals surface area contributed by atoms with Crippen molar-refractivity contribution < 1.29 is 0 Å². The van der Waals surface area contributed by atoms with E-state index in [1.165, 1.54) is 75.5 Å². The molecular weight excluding hydrogens is 791 g/mol. The maximum absolute atomic E-state index is 5.42. The molecule has 0 aliphatic heterocycles. The van der Waals surface area contributed by atoms with Crippen LogP contribution in [0.4, 0.5) is 0 Å². The van der Waals surface area contributed by atoms with Crippen LogP contribution in [0.5, 0.6) is 0 Å². The number of aromatic nitrogens is 3. The van der Waals surface area contributed by atoms with Crippen molar-refractivity contribution >= 4 is 63.0 Å². The Hall–Kier alpha value is -7.57. The lowest BCUT2D eigenvalue weighted by atomic mass is 9.92. The number of benzene rings is 9. The zero-order valence-corrected chi connectivity index (χ0v) is 35.0. The van der Waals surface area contributed by atoms with E-state index >= 15 is 0 Å². The average Bonchev–Trinajstić information content (AvgIpc) is 3.93. The van der Waals surface area contributed by atoms with Gasteiger partial charge in [-0.25, -0.2) is 15.0 Å². The number of hydrogen-bond acceptors (Lipinski definition) is 5. The molecule has 0 radical (unpaired) electrons. The molecule has 3 heterocycles. The topological polar surface area (TPSA) is 38.7 Å². The summed E-state index contributed by atoms with van der Waals surface area (Å²) in [7, 11) is 0. The molecule has 0 atom stereocenters. The van der Waals surface area contributed by atoms with Gasteiger partial charge in [0.1, 0.15) is 0 Å². The van der Waals surface area contributed by atoms with Gasteiger partial charge in [-0.15, -0.1) is 22.7 Å². The molecule has 0 amide bonds. The summed E-state index contributed by atoms with van der Waals surface area (Å²) in [5.41, 5.74) is 12.6. The maximum atomic E-state index is 5.42. The third kappa shape index (κ3) is 6.13. The molecule has 0 aliphatic carbocycles. The number of nitrogens with zero attached hydrogens (tertiary/aromatic N) is 3. The summed E-state index contributed by atoms with van der Waals surface area (Å²) in [5.74, 6) is 1.96. The lowest BCUT2D eigenvalue weighted by Crippen LogP contribution is -2.00. The molecule has 62 heavy (non-hydrogen) atoms. The highest BCUT2D eigenvalue weighted by atomic mass is 32.1. The molecule has 3 aromatic heterocycles. The summed E-state index contributed by atoms with van der Waals surface area (Å²) < 4.78 is 4.80. The first kappa shape index (κ1) is 36.3. The van der Waals surface area contributed by atoms with Crippen molar-refractivity contribution in [1.82, 2.24) is 15.0 Å². The SMILES string of the molecule is c1ccc(-c2nc(-c3cccc4c3sc3c(-c5ccccc5)c(-c5ccccc5)ccc34)nc(-c3cccc4c3sc3c(-c5ccccc5)c(-c5ccccc5)ccc34)n2)cc1. The van der Waals surface area contributed by atoms with Crippen molar-refractivity contribution in [2.45, 2.75) is 0 Å². The highest BCUT2D eigenvalue weighted by Crippen LogP contribution is 2.49. The fourth-order valence-electron chi connectivity index (χ4n) is 8.91. The molecule has 0 N–H and O–H groups in total. The van der Waals surface area contributed by atoms with E-state index < -0.39 is 0 Å². The molecule has 0 saturated carbocycles. The van der Waals surface area contributed by atoms with Crippen molar-refractivity contribution in [2.75, 3.05) is 0 Å². The molecule has 9 aromatic carbocycles. The number of fused-ring (bicyclic) bond motifs is 6. The summed E-state index contributed by atoms with van der Waals surface area (Å²) in [6.45, 7) is 0. The second-order valence-corrected chi connectivity index (χ2v) is 17.5. The van der Waals surface area contributed by atoms with Crippen molar-refractivity contribution in [3.8, 4) is 78.7 Å². The van der Waals surface area contributed by atoms with Crippen molar-refractivity contribution in [3.05, 3.63) is 212 Å². The minimum Gasteiger partial charge on any atom is -0.208 e. The van der Waals surface area contributed by atoms with Crippen LogP contribution in [0.25, 0.3) is 119 Å². The zero-order valence-electron chi connectivity index (χ0n) is 33.4. The van der Waals surface area contributed by atoms with E-state index in [0.29, 0.717) is 17.5 Å². The van der Waals surface area contributed by atoms with Crippen LogP contribution in [0.15, 0.2) is 212 Å². The summed E-state index contributed by atoms with van der Waals surface area (Å²) in [4.78, 5) is 16.0. The monoisotopic (exact) mass is 825 g/mol. The van der Waals surface area contributed by atoms with Crippen LogP contribution < -0.4 is 0 Å². The van der Waals surface area contributed by atoms with Crippen molar-refractivity contribution in [1.29, 1.82) is 0 Å². The first-order valence-electron chi connectivity index (χ1n) is 20.8. The second kappa shape index (κ2) is 15.2. The molecule has 0 unspecified atom stereocenters. The summed E-state index contributed by atoms with van der Waals surface area (Å²) in [5, 5.41) is 4.83. The van der Waals surface area contributed by atoms with Gasteiger partial charge in [0.25, 0.3) is 0 Å². The van der Waals surface area contributed by atoms with Crippen LogP contribution in [0.1, 0.15) is 0 Å². The number of thiophene rings is 2. The van der Waals surface area contributed by atoms with E-state index in [1.54, 1.807) is 0 Å². The molecule has 12 rings (SSSR count). The van der Waals surface area contributed by atoms with Gasteiger partial charge in [-0.05, 0) is 45.5 Å². The number of rotatable bonds is 7. The van der Waals surface area contributed by atoms with Crippen molar-refractivity contribution in [3.63, 3.8) is 0 Å². The molecule has 5 heteroatoms. The Balaban J connectivity index is 1.10. The van der Waals surface area contributed by atoms with E-state index in [2.05, 4.69) is 194 Å². The van der Waals surface area contributed by atoms with Gasteiger partial charge >= 0.3 is 0 Å².